The smallest absolute Gasteiger partial charge is 0.247 e. The van der Waals surface area contributed by atoms with Crippen LogP contribution in [0.4, 0.5) is 0 Å². The zero-order valence-electron chi connectivity index (χ0n) is 6.96. The Kier molecular flexibility index (Phi) is 5.78. The summed E-state index contributed by atoms with van der Waals surface area (Å²) in [5.74, 6) is -0.277. The molecule has 0 saturated heterocycles. The molecule has 0 fully saturated rings. The van der Waals surface area contributed by atoms with Gasteiger partial charge in [-0.1, -0.05) is 6.92 Å². The van der Waals surface area contributed by atoms with Gasteiger partial charge in [0.15, 0.2) is 0 Å². The number of aliphatic hydroxyl groups excluding tert-OH is 1. The maximum absolute atomic E-state index is 10.8. The second-order valence-electron chi connectivity index (χ2n) is 2.13. The maximum Gasteiger partial charge on any atom is 0.247 e. The molecule has 2 N–H and O–H groups in total. The lowest BCUT2D eigenvalue weighted by Crippen LogP contribution is -2.36. The first-order valence-corrected chi connectivity index (χ1v) is 3.75. The first-order valence-electron chi connectivity index (χ1n) is 3.75. The molecule has 0 aliphatic carbocycles. The van der Waals surface area contributed by atoms with Crippen LogP contribution in [-0.4, -0.2) is 30.5 Å². The van der Waals surface area contributed by atoms with Crippen LogP contribution >= 0.6 is 0 Å². The fraction of sp³-hybridized carbons (Fsp3) is 0.857. The van der Waals surface area contributed by atoms with E-state index in [2.05, 4.69) is 5.32 Å². The first-order chi connectivity index (χ1) is 5.20. The van der Waals surface area contributed by atoms with Crippen molar-refractivity contribution < 1.29 is 14.6 Å². The lowest BCUT2D eigenvalue weighted by atomic mass is 10.4. The number of amides is 1. The zero-order chi connectivity index (χ0) is 8.69. The number of carbonyl (C=O) groups excluding carboxylic acids is 1. The van der Waals surface area contributed by atoms with E-state index >= 15 is 0 Å². The van der Waals surface area contributed by atoms with E-state index in [0.29, 0.717) is 13.0 Å². The number of carbonyl (C=O) groups is 1. The van der Waals surface area contributed by atoms with Crippen molar-refractivity contribution in [2.45, 2.75) is 26.5 Å². The second kappa shape index (κ2) is 6.12. The van der Waals surface area contributed by atoms with Gasteiger partial charge in [-0.15, -0.1) is 0 Å². The number of rotatable bonds is 5. The number of hydrogen-bond donors (Lipinski definition) is 2. The molecule has 0 radical (unpaired) electrons. The van der Waals surface area contributed by atoms with Crippen molar-refractivity contribution >= 4 is 5.91 Å². The van der Waals surface area contributed by atoms with Crippen molar-refractivity contribution in [1.82, 2.24) is 5.32 Å². The average Bonchev–Trinajstić information content (AvgIpc) is 2.00. The third-order valence-corrected chi connectivity index (χ3v) is 1.15. The molecule has 0 aromatic heterocycles. The minimum atomic E-state index is -0.747. The number of aliphatic hydroxyl groups is 1. The summed E-state index contributed by atoms with van der Waals surface area (Å²) in [5.41, 5.74) is 0. The van der Waals surface area contributed by atoms with Gasteiger partial charge in [-0.3, -0.25) is 4.79 Å². The molecule has 1 atom stereocenters. The quantitative estimate of drug-likeness (QED) is 0.552. The number of ether oxygens (including phenoxy) is 1. The minimum Gasteiger partial charge on any atom is -0.374 e. The van der Waals surface area contributed by atoms with Crippen LogP contribution in [-0.2, 0) is 9.53 Å². The Morgan fingerprint density at radius 3 is 2.73 bits per heavy atom. The van der Waals surface area contributed by atoms with Gasteiger partial charge in [-0.2, -0.15) is 0 Å². The Morgan fingerprint density at radius 2 is 2.27 bits per heavy atom. The Hall–Kier alpha value is -0.610. The van der Waals surface area contributed by atoms with E-state index in [0.717, 1.165) is 0 Å². The van der Waals surface area contributed by atoms with Crippen molar-refractivity contribution in [3.63, 3.8) is 0 Å². The van der Waals surface area contributed by atoms with Crippen LogP contribution in [0.3, 0.4) is 0 Å². The summed E-state index contributed by atoms with van der Waals surface area (Å²) < 4.78 is 4.82. The lowest BCUT2D eigenvalue weighted by molar-refractivity contribution is -0.128. The predicted molar refractivity (Wildman–Crippen MR) is 40.9 cm³/mol. The molecule has 0 spiro atoms. The molecule has 0 aliphatic rings. The first kappa shape index (κ1) is 10.4. The van der Waals surface area contributed by atoms with Crippen LogP contribution in [0, 0.1) is 0 Å². The van der Waals surface area contributed by atoms with E-state index in [9.17, 15) is 4.79 Å². The molecular weight excluding hydrogens is 146 g/mol. The molecule has 0 aromatic rings. The Bertz CT molecular complexity index is 116. The number of nitrogens with one attached hydrogen (secondary N) is 1. The molecule has 0 aliphatic heterocycles. The van der Waals surface area contributed by atoms with Crippen LogP contribution in [0.25, 0.3) is 0 Å². The Morgan fingerprint density at radius 1 is 1.64 bits per heavy atom. The van der Waals surface area contributed by atoms with Crippen LogP contribution < -0.4 is 5.32 Å². The molecule has 0 bridgehead atoms. The molecule has 0 unspecified atom stereocenters. The van der Waals surface area contributed by atoms with Gasteiger partial charge >= 0.3 is 0 Å². The molecule has 0 rings (SSSR count). The highest BCUT2D eigenvalue weighted by Crippen LogP contribution is 1.83. The van der Waals surface area contributed by atoms with Crippen molar-refractivity contribution in [3.8, 4) is 0 Å². The van der Waals surface area contributed by atoms with E-state index in [-0.39, 0.29) is 12.5 Å². The fourth-order valence-corrected chi connectivity index (χ4v) is 0.524. The van der Waals surface area contributed by atoms with E-state index in [1.165, 1.54) is 0 Å². The third-order valence-electron chi connectivity index (χ3n) is 1.15. The van der Waals surface area contributed by atoms with Crippen molar-refractivity contribution in [1.29, 1.82) is 0 Å². The van der Waals surface area contributed by atoms with E-state index in [1.54, 1.807) is 6.92 Å². The van der Waals surface area contributed by atoms with Crippen molar-refractivity contribution in [2.24, 2.45) is 0 Å². The van der Waals surface area contributed by atoms with E-state index < -0.39 is 6.23 Å². The monoisotopic (exact) mass is 161 g/mol. The average molecular weight is 161 g/mol. The Labute approximate surface area is 66.5 Å². The zero-order valence-corrected chi connectivity index (χ0v) is 6.96. The van der Waals surface area contributed by atoms with Crippen LogP contribution in [0.15, 0.2) is 0 Å². The summed E-state index contributed by atoms with van der Waals surface area (Å²) >= 11 is 0. The summed E-state index contributed by atoms with van der Waals surface area (Å²) in [6, 6.07) is 0. The third kappa shape index (κ3) is 5.82. The normalized spacial score (nSPS) is 12.6. The van der Waals surface area contributed by atoms with Gasteiger partial charge in [-0.25, -0.2) is 0 Å². The van der Waals surface area contributed by atoms with Gasteiger partial charge in [-0.05, 0) is 13.3 Å². The van der Waals surface area contributed by atoms with Crippen LogP contribution in [0.2, 0.25) is 0 Å². The molecular formula is C7H15NO3. The molecule has 4 heteroatoms. The highest BCUT2D eigenvalue weighted by atomic mass is 16.5. The SMILES string of the molecule is CCOCC(=O)N[C@@H](O)CC. The van der Waals surface area contributed by atoms with Crippen molar-refractivity contribution in [2.75, 3.05) is 13.2 Å². The molecule has 0 heterocycles. The van der Waals surface area contributed by atoms with Crippen LogP contribution in [0.5, 0.6) is 0 Å². The second-order valence-corrected chi connectivity index (χ2v) is 2.13. The highest BCUT2D eigenvalue weighted by molar-refractivity contribution is 5.77. The largest absolute Gasteiger partial charge is 0.374 e. The molecule has 1 amide bonds. The molecule has 11 heavy (non-hydrogen) atoms. The topological polar surface area (TPSA) is 58.6 Å². The molecule has 4 nitrogen and oxygen atoms in total. The standard InChI is InChI=1S/C7H15NO3/c1-3-6(9)8-7(10)5-11-4-2/h6,9H,3-5H2,1-2H3,(H,8,10)/t6-/m0/s1. The maximum atomic E-state index is 10.8. The fourth-order valence-electron chi connectivity index (χ4n) is 0.524. The van der Waals surface area contributed by atoms with Crippen molar-refractivity contribution in [3.05, 3.63) is 0 Å². The van der Waals surface area contributed by atoms with Crippen LogP contribution in [0.1, 0.15) is 20.3 Å². The van der Waals surface area contributed by atoms with E-state index in [1.807, 2.05) is 6.92 Å². The molecule has 66 valence electrons. The minimum absolute atomic E-state index is 0.0214. The summed E-state index contributed by atoms with van der Waals surface area (Å²) in [6.45, 7) is 4.12. The number of hydrogen-bond acceptors (Lipinski definition) is 3. The molecule has 0 aromatic carbocycles. The highest BCUT2D eigenvalue weighted by Gasteiger charge is 2.04. The van der Waals surface area contributed by atoms with Gasteiger partial charge in [0, 0.05) is 6.61 Å². The van der Waals surface area contributed by atoms with Gasteiger partial charge < -0.3 is 15.2 Å². The predicted octanol–water partition coefficient (Wildman–Crippen LogP) is -0.133. The summed E-state index contributed by atoms with van der Waals surface area (Å²) in [7, 11) is 0. The summed E-state index contributed by atoms with van der Waals surface area (Å²) in [5, 5.41) is 11.3. The lowest BCUT2D eigenvalue weighted by Gasteiger charge is -2.09. The van der Waals surface area contributed by atoms with Gasteiger partial charge in [0.25, 0.3) is 0 Å². The van der Waals surface area contributed by atoms with Gasteiger partial charge in [0.1, 0.15) is 12.8 Å². The Balaban J connectivity index is 3.36. The van der Waals surface area contributed by atoms with Gasteiger partial charge in [0.05, 0.1) is 0 Å². The molecule has 0 saturated carbocycles. The van der Waals surface area contributed by atoms with E-state index in [4.69, 9.17) is 9.84 Å². The summed E-state index contributed by atoms with van der Waals surface area (Å²) in [4.78, 5) is 10.8. The van der Waals surface area contributed by atoms with Gasteiger partial charge in [0.2, 0.25) is 5.91 Å². The summed E-state index contributed by atoms with van der Waals surface area (Å²) in [6.07, 6.45) is -0.235.